The Balaban J connectivity index is 1.30. The van der Waals surface area contributed by atoms with Crippen molar-refractivity contribution in [3.8, 4) is 0 Å². The summed E-state index contributed by atoms with van der Waals surface area (Å²) in [7, 11) is 0. The quantitative estimate of drug-likeness (QED) is 0.622. The van der Waals surface area contributed by atoms with Gasteiger partial charge in [0.15, 0.2) is 4.96 Å². The molecule has 1 aliphatic rings. The van der Waals surface area contributed by atoms with E-state index < -0.39 is 0 Å². The van der Waals surface area contributed by atoms with Gasteiger partial charge < -0.3 is 5.32 Å². The van der Waals surface area contributed by atoms with Crippen LogP contribution >= 0.6 is 23.1 Å². The van der Waals surface area contributed by atoms with E-state index in [9.17, 15) is 14.4 Å². The topological polar surface area (TPSA) is 96.7 Å². The summed E-state index contributed by atoms with van der Waals surface area (Å²) in [5.74, 6) is -0.564. The van der Waals surface area contributed by atoms with Gasteiger partial charge in [-0.2, -0.15) is 0 Å². The van der Waals surface area contributed by atoms with Gasteiger partial charge in [0.1, 0.15) is 0 Å². The van der Waals surface area contributed by atoms with Gasteiger partial charge in [0.25, 0.3) is 11.1 Å². The molecule has 0 aromatic carbocycles. The molecule has 10 heteroatoms. The molecule has 1 fully saturated rings. The predicted octanol–water partition coefficient (Wildman–Crippen LogP) is 2.19. The van der Waals surface area contributed by atoms with Crippen molar-refractivity contribution in [1.82, 2.24) is 24.6 Å². The molecule has 3 aromatic rings. The maximum absolute atomic E-state index is 12.4. The van der Waals surface area contributed by atoms with Crippen LogP contribution in [-0.2, 0) is 16.0 Å². The van der Waals surface area contributed by atoms with Gasteiger partial charge in [-0.05, 0) is 29.5 Å². The molecule has 0 radical (unpaired) electrons. The predicted molar refractivity (Wildman–Crippen MR) is 107 cm³/mol. The van der Waals surface area contributed by atoms with Crippen molar-refractivity contribution < 1.29 is 14.4 Å². The number of nitrogens with one attached hydrogen (secondary N) is 1. The second kappa shape index (κ2) is 7.95. The molecule has 0 atom stereocenters. The Kier molecular flexibility index (Phi) is 5.22. The molecule has 0 spiro atoms. The van der Waals surface area contributed by atoms with E-state index in [0.29, 0.717) is 10.6 Å². The van der Waals surface area contributed by atoms with Crippen molar-refractivity contribution in [2.75, 3.05) is 13.1 Å². The fourth-order valence-electron chi connectivity index (χ4n) is 2.70. The van der Waals surface area contributed by atoms with Gasteiger partial charge in [-0.25, -0.2) is 4.98 Å². The van der Waals surface area contributed by atoms with E-state index in [2.05, 4.69) is 15.3 Å². The Morgan fingerprint density at radius 2 is 2.21 bits per heavy atom. The highest BCUT2D eigenvalue weighted by Crippen LogP contribution is 2.31. The highest BCUT2D eigenvalue weighted by molar-refractivity contribution is 8.18. The highest BCUT2D eigenvalue weighted by atomic mass is 32.2. The molecular formula is C18H15N5O3S2. The third kappa shape index (κ3) is 3.97. The van der Waals surface area contributed by atoms with E-state index in [4.69, 9.17) is 0 Å². The number of carbonyl (C=O) groups excluding carboxylic acids is 3. The third-order valence-corrected chi connectivity index (χ3v) is 5.68. The van der Waals surface area contributed by atoms with Gasteiger partial charge >= 0.3 is 0 Å². The number of hydrogen-bond donors (Lipinski definition) is 1. The summed E-state index contributed by atoms with van der Waals surface area (Å²) < 4.78 is 1.86. The summed E-state index contributed by atoms with van der Waals surface area (Å²) >= 11 is 2.39. The van der Waals surface area contributed by atoms with Crippen molar-refractivity contribution in [3.63, 3.8) is 0 Å². The Morgan fingerprint density at radius 3 is 3.00 bits per heavy atom. The van der Waals surface area contributed by atoms with Crippen LogP contribution in [0.1, 0.15) is 11.3 Å². The summed E-state index contributed by atoms with van der Waals surface area (Å²) in [4.78, 5) is 47.3. The smallest absolute Gasteiger partial charge is 0.293 e. The summed E-state index contributed by atoms with van der Waals surface area (Å²) in [6, 6.07) is 3.57. The third-order valence-electron chi connectivity index (χ3n) is 4.00. The molecule has 1 saturated heterocycles. The van der Waals surface area contributed by atoms with Gasteiger partial charge in [0, 0.05) is 43.3 Å². The fraction of sp³-hybridized carbons (Fsp3) is 0.167. The molecule has 0 unspecified atom stereocenters. The lowest BCUT2D eigenvalue weighted by Gasteiger charge is -2.12. The van der Waals surface area contributed by atoms with Gasteiger partial charge in [0.05, 0.1) is 17.0 Å². The summed E-state index contributed by atoms with van der Waals surface area (Å²) in [6.45, 7) is 0.318. The van der Waals surface area contributed by atoms with Crippen molar-refractivity contribution >= 4 is 51.2 Å². The van der Waals surface area contributed by atoms with Crippen LogP contribution in [0.4, 0.5) is 4.79 Å². The molecule has 1 N–H and O–H groups in total. The minimum absolute atomic E-state index is 0.124. The minimum atomic E-state index is -0.359. The number of carbonyl (C=O) groups is 3. The van der Waals surface area contributed by atoms with Gasteiger partial charge in [0.2, 0.25) is 5.91 Å². The molecule has 0 saturated carbocycles. The van der Waals surface area contributed by atoms with Crippen LogP contribution in [0, 0.1) is 0 Å². The molecule has 0 aliphatic carbocycles. The van der Waals surface area contributed by atoms with E-state index in [1.54, 1.807) is 30.6 Å². The van der Waals surface area contributed by atoms with E-state index in [1.807, 2.05) is 22.2 Å². The van der Waals surface area contributed by atoms with Crippen LogP contribution in [-0.4, -0.2) is 49.4 Å². The van der Waals surface area contributed by atoms with Crippen LogP contribution in [0.25, 0.3) is 11.0 Å². The number of imide groups is 1. The zero-order valence-corrected chi connectivity index (χ0v) is 16.2. The first-order valence-corrected chi connectivity index (χ1v) is 10.1. The first-order valence-electron chi connectivity index (χ1n) is 8.43. The maximum atomic E-state index is 12.4. The summed E-state index contributed by atoms with van der Waals surface area (Å²) in [5, 5.41) is 4.31. The fourth-order valence-corrected chi connectivity index (χ4v) is 4.28. The van der Waals surface area contributed by atoms with Gasteiger partial charge in [-0.3, -0.25) is 28.7 Å². The summed E-state index contributed by atoms with van der Waals surface area (Å²) in [5.41, 5.74) is 1.43. The molecule has 3 aromatic heterocycles. The standard InChI is InChI=1S/C18H15N5O3S2/c24-15(9-13-11-22-6-7-27-17(22)21-13)20-4-5-23-16(25)14(28-18(23)26)8-12-2-1-3-19-10-12/h1-3,6-8,10-11H,4-5,9H2,(H,20,24). The number of amides is 3. The number of thioether (sulfide) groups is 1. The number of rotatable bonds is 6. The molecular weight excluding hydrogens is 398 g/mol. The van der Waals surface area contributed by atoms with Gasteiger partial charge in [-0.1, -0.05) is 6.07 Å². The largest absolute Gasteiger partial charge is 0.354 e. The van der Waals surface area contributed by atoms with E-state index in [0.717, 1.165) is 27.2 Å². The van der Waals surface area contributed by atoms with Crippen LogP contribution in [0.15, 0.2) is 47.2 Å². The van der Waals surface area contributed by atoms with Crippen molar-refractivity contribution in [2.24, 2.45) is 0 Å². The monoisotopic (exact) mass is 413 g/mol. The second-order valence-corrected chi connectivity index (χ2v) is 7.84. The highest BCUT2D eigenvalue weighted by Gasteiger charge is 2.34. The molecule has 28 heavy (non-hydrogen) atoms. The molecule has 142 valence electrons. The lowest BCUT2D eigenvalue weighted by atomic mass is 10.2. The first-order chi connectivity index (χ1) is 13.6. The zero-order valence-electron chi connectivity index (χ0n) is 14.6. The van der Waals surface area contributed by atoms with Gasteiger partial charge in [-0.15, -0.1) is 11.3 Å². The average molecular weight is 413 g/mol. The molecule has 0 bridgehead atoms. The van der Waals surface area contributed by atoms with Crippen LogP contribution in [0.3, 0.4) is 0 Å². The minimum Gasteiger partial charge on any atom is -0.354 e. The Hall–Kier alpha value is -2.98. The van der Waals surface area contributed by atoms with Crippen LogP contribution in [0.2, 0.25) is 0 Å². The summed E-state index contributed by atoms with van der Waals surface area (Å²) in [6.07, 6.45) is 8.74. The number of fused-ring (bicyclic) bond motifs is 1. The molecule has 8 nitrogen and oxygen atoms in total. The molecule has 1 aliphatic heterocycles. The first kappa shape index (κ1) is 18.4. The molecule has 3 amide bonds. The zero-order chi connectivity index (χ0) is 19.5. The Labute approximate surface area is 168 Å². The SMILES string of the molecule is O=C(Cc1cn2ccsc2n1)NCCN1C(=O)SC(=Cc2cccnc2)C1=O. The number of imidazole rings is 1. The molecule has 4 rings (SSSR count). The Morgan fingerprint density at radius 1 is 1.32 bits per heavy atom. The lowest BCUT2D eigenvalue weighted by molar-refractivity contribution is -0.124. The Bertz CT molecular complexity index is 1040. The van der Waals surface area contributed by atoms with E-state index in [1.165, 1.54) is 11.3 Å². The average Bonchev–Trinajstić information content (AvgIpc) is 3.32. The van der Waals surface area contributed by atoms with Crippen molar-refractivity contribution in [1.29, 1.82) is 0 Å². The number of aromatic nitrogens is 3. The number of pyridine rings is 1. The van der Waals surface area contributed by atoms with Crippen molar-refractivity contribution in [2.45, 2.75) is 6.42 Å². The van der Waals surface area contributed by atoms with Crippen LogP contribution in [0.5, 0.6) is 0 Å². The van der Waals surface area contributed by atoms with E-state index >= 15 is 0 Å². The second-order valence-electron chi connectivity index (χ2n) is 5.97. The number of nitrogens with zero attached hydrogens (tertiary/aromatic N) is 4. The molecule has 4 heterocycles. The number of hydrogen-bond acceptors (Lipinski definition) is 7. The maximum Gasteiger partial charge on any atom is 0.293 e. The normalized spacial score (nSPS) is 15.7. The van der Waals surface area contributed by atoms with Crippen LogP contribution < -0.4 is 5.32 Å². The number of thiazole rings is 1. The van der Waals surface area contributed by atoms with Crippen molar-refractivity contribution in [3.05, 3.63) is 58.5 Å². The van der Waals surface area contributed by atoms with E-state index in [-0.39, 0.29) is 36.6 Å². The lowest BCUT2D eigenvalue weighted by Crippen LogP contribution is -2.37.